The zero-order valence-electron chi connectivity index (χ0n) is 8.25. The standard InChI is InChI=1S/C11H13BrFNO/c12-10-3-7(1-2-11(10)13)6-15-9-4-8(14)5-9/h1-3,8-9H,4-6,14H2. The van der Waals surface area contributed by atoms with E-state index in [4.69, 9.17) is 10.5 Å². The highest BCUT2D eigenvalue weighted by molar-refractivity contribution is 9.10. The van der Waals surface area contributed by atoms with Gasteiger partial charge in [-0.3, -0.25) is 0 Å². The van der Waals surface area contributed by atoms with Gasteiger partial charge in [0.2, 0.25) is 0 Å². The van der Waals surface area contributed by atoms with Crippen molar-refractivity contribution in [1.82, 2.24) is 0 Å². The zero-order valence-corrected chi connectivity index (χ0v) is 9.84. The lowest BCUT2D eigenvalue weighted by atomic mass is 9.90. The van der Waals surface area contributed by atoms with Crippen LogP contribution in [-0.2, 0) is 11.3 Å². The topological polar surface area (TPSA) is 35.2 Å². The van der Waals surface area contributed by atoms with Crippen LogP contribution in [0.5, 0.6) is 0 Å². The van der Waals surface area contributed by atoms with Gasteiger partial charge in [-0.05, 0) is 46.5 Å². The highest BCUT2D eigenvalue weighted by Crippen LogP contribution is 2.23. The minimum absolute atomic E-state index is 0.246. The lowest BCUT2D eigenvalue weighted by Crippen LogP contribution is -2.41. The van der Waals surface area contributed by atoms with Gasteiger partial charge in [0.1, 0.15) is 5.82 Å². The van der Waals surface area contributed by atoms with Crippen LogP contribution >= 0.6 is 15.9 Å². The Balaban J connectivity index is 1.86. The first kappa shape index (κ1) is 11.0. The van der Waals surface area contributed by atoms with E-state index in [9.17, 15) is 4.39 Å². The second-order valence-corrected chi connectivity index (χ2v) is 4.77. The fraction of sp³-hybridized carbons (Fsp3) is 0.455. The monoisotopic (exact) mass is 273 g/mol. The first-order valence-corrected chi connectivity index (χ1v) is 5.75. The Morgan fingerprint density at radius 3 is 2.80 bits per heavy atom. The second kappa shape index (κ2) is 4.60. The third kappa shape index (κ3) is 2.77. The van der Waals surface area contributed by atoms with Gasteiger partial charge in [-0.25, -0.2) is 4.39 Å². The fourth-order valence-corrected chi connectivity index (χ4v) is 2.01. The van der Waals surface area contributed by atoms with Crippen LogP contribution in [-0.4, -0.2) is 12.1 Å². The lowest BCUT2D eigenvalue weighted by molar-refractivity contribution is -0.0188. The predicted octanol–water partition coefficient (Wildman–Crippen LogP) is 2.59. The Bertz CT molecular complexity index is 352. The van der Waals surface area contributed by atoms with Crippen LogP contribution in [0.25, 0.3) is 0 Å². The maximum atomic E-state index is 12.9. The molecule has 0 unspecified atom stereocenters. The number of hydrogen-bond donors (Lipinski definition) is 1. The summed E-state index contributed by atoms with van der Waals surface area (Å²) in [6.07, 6.45) is 2.15. The van der Waals surface area contributed by atoms with E-state index in [1.165, 1.54) is 6.07 Å². The normalized spacial score (nSPS) is 25.0. The van der Waals surface area contributed by atoms with Crippen molar-refractivity contribution in [2.75, 3.05) is 0 Å². The molecule has 0 bridgehead atoms. The van der Waals surface area contributed by atoms with Crippen LogP contribution in [0.4, 0.5) is 4.39 Å². The number of rotatable bonds is 3. The van der Waals surface area contributed by atoms with Crippen LogP contribution in [0.1, 0.15) is 18.4 Å². The molecule has 2 nitrogen and oxygen atoms in total. The van der Waals surface area contributed by atoms with Gasteiger partial charge in [0, 0.05) is 6.04 Å². The average molecular weight is 274 g/mol. The second-order valence-electron chi connectivity index (χ2n) is 3.91. The number of nitrogens with two attached hydrogens (primary N) is 1. The summed E-state index contributed by atoms with van der Waals surface area (Å²) in [6, 6.07) is 5.22. The van der Waals surface area contributed by atoms with Crippen LogP contribution in [0.2, 0.25) is 0 Å². The van der Waals surface area contributed by atoms with Gasteiger partial charge in [-0.15, -0.1) is 0 Å². The van der Waals surface area contributed by atoms with Gasteiger partial charge in [-0.2, -0.15) is 0 Å². The summed E-state index contributed by atoms with van der Waals surface area (Å²) in [5.74, 6) is -0.246. The molecule has 0 spiro atoms. The van der Waals surface area contributed by atoms with Gasteiger partial charge < -0.3 is 10.5 Å². The van der Waals surface area contributed by atoms with Crippen molar-refractivity contribution in [3.8, 4) is 0 Å². The molecule has 0 aromatic heterocycles. The first-order chi connectivity index (χ1) is 7.15. The largest absolute Gasteiger partial charge is 0.373 e. The predicted molar refractivity (Wildman–Crippen MR) is 59.9 cm³/mol. The molecule has 2 rings (SSSR count). The molecule has 0 amide bonds. The van der Waals surface area contributed by atoms with Crippen molar-refractivity contribution in [2.45, 2.75) is 31.6 Å². The first-order valence-electron chi connectivity index (χ1n) is 4.96. The Labute approximate surface area is 96.7 Å². The molecule has 1 aromatic rings. The summed E-state index contributed by atoms with van der Waals surface area (Å²) in [4.78, 5) is 0. The highest BCUT2D eigenvalue weighted by Gasteiger charge is 2.26. The van der Waals surface area contributed by atoms with Crippen molar-refractivity contribution in [3.63, 3.8) is 0 Å². The molecule has 0 radical (unpaired) electrons. The molecular formula is C11H13BrFNO. The molecule has 15 heavy (non-hydrogen) atoms. The van der Waals surface area contributed by atoms with Crippen molar-refractivity contribution < 1.29 is 9.13 Å². The molecule has 1 aliphatic carbocycles. The molecule has 0 saturated heterocycles. The Hall–Kier alpha value is -0.450. The molecule has 82 valence electrons. The van der Waals surface area contributed by atoms with E-state index in [1.807, 2.05) is 0 Å². The van der Waals surface area contributed by atoms with Crippen molar-refractivity contribution in [3.05, 3.63) is 34.1 Å². The highest BCUT2D eigenvalue weighted by atomic mass is 79.9. The van der Waals surface area contributed by atoms with Crippen LogP contribution in [0, 0.1) is 5.82 Å². The Kier molecular flexibility index (Phi) is 3.38. The van der Waals surface area contributed by atoms with Gasteiger partial charge in [0.05, 0.1) is 17.2 Å². The van der Waals surface area contributed by atoms with Gasteiger partial charge in [-0.1, -0.05) is 6.07 Å². The van der Waals surface area contributed by atoms with E-state index in [0.717, 1.165) is 18.4 Å². The summed E-state index contributed by atoms with van der Waals surface area (Å²) in [5.41, 5.74) is 6.62. The summed E-state index contributed by atoms with van der Waals surface area (Å²) in [7, 11) is 0. The minimum atomic E-state index is -0.246. The molecule has 1 aliphatic rings. The van der Waals surface area contributed by atoms with Crippen molar-refractivity contribution >= 4 is 15.9 Å². The van der Waals surface area contributed by atoms with E-state index in [-0.39, 0.29) is 11.9 Å². The quantitative estimate of drug-likeness (QED) is 0.919. The van der Waals surface area contributed by atoms with Crippen LogP contribution in [0.3, 0.4) is 0 Å². The molecule has 1 fully saturated rings. The van der Waals surface area contributed by atoms with Crippen LogP contribution < -0.4 is 5.73 Å². The molecule has 4 heteroatoms. The van der Waals surface area contributed by atoms with E-state index in [2.05, 4.69) is 15.9 Å². The smallest absolute Gasteiger partial charge is 0.137 e. The SMILES string of the molecule is NC1CC(OCc2ccc(F)c(Br)c2)C1. The summed E-state index contributed by atoms with van der Waals surface area (Å²) >= 11 is 3.14. The molecule has 1 saturated carbocycles. The van der Waals surface area contributed by atoms with Gasteiger partial charge >= 0.3 is 0 Å². The Morgan fingerprint density at radius 2 is 2.20 bits per heavy atom. The molecule has 2 N–H and O–H groups in total. The maximum absolute atomic E-state index is 12.9. The molecule has 1 aromatic carbocycles. The van der Waals surface area contributed by atoms with Crippen LogP contribution in [0.15, 0.2) is 22.7 Å². The molecule has 0 atom stereocenters. The van der Waals surface area contributed by atoms with E-state index < -0.39 is 0 Å². The number of hydrogen-bond acceptors (Lipinski definition) is 2. The van der Waals surface area contributed by atoms with Gasteiger partial charge in [0.25, 0.3) is 0 Å². The zero-order chi connectivity index (χ0) is 10.8. The molecular weight excluding hydrogens is 261 g/mol. The molecule has 0 aliphatic heterocycles. The maximum Gasteiger partial charge on any atom is 0.137 e. The van der Waals surface area contributed by atoms with E-state index >= 15 is 0 Å². The van der Waals surface area contributed by atoms with E-state index in [1.54, 1.807) is 12.1 Å². The number of ether oxygens (including phenoxy) is 1. The third-order valence-corrected chi connectivity index (χ3v) is 3.21. The van der Waals surface area contributed by atoms with Crippen molar-refractivity contribution in [1.29, 1.82) is 0 Å². The summed E-state index contributed by atoms with van der Waals surface area (Å²) in [6.45, 7) is 0.524. The number of benzene rings is 1. The average Bonchev–Trinajstić information content (AvgIpc) is 2.16. The van der Waals surface area contributed by atoms with E-state index in [0.29, 0.717) is 17.1 Å². The summed E-state index contributed by atoms with van der Waals surface area (Å²) < 4.78 is 19.0. The lowest BCUT2D eigenvalue weighted by Gasteiger charge is -2.32. The third-order valence-electron chi connectivity index (χ3n) is 2.60. The molecule has 0 heterocycles. The minimum Gasteiger partial charge on any atom is -0.373 e. The number of halogens is 2. The van der Waals surface area contributed by atoms with Crippen molar-refractivity contribution in [2.24, 2.45) is 5.73 Å². The Morgan fingerprint density at radius 1 is 1.47 bits per heavy atom. The van der Waals surface area contributed by atoms with Gasteiger partial charge in [0.15, 0.2) is 0 Å². The fourth-order valence-electron chi connectivity index (χ4n) is 1.59. The summed E-state index contributed by atoms with van der Waals surface area (Å²) in [5, 5.41) is 0.